The molecule has 0 spiro atoms. The van der Waals surface area contributed by atoms with Crippen molar-refractivity contribution in [2.24, 2.45) is 9.98 Å². The topological polar surface area (TPSA) is 158 Å². The predicted octanol–water partition coefficient (Wildman–Crippen LogP) is 3.29. The molecule has 0 amide bonds. The zero-order valence-electron chi connectivity index (χ0n) is 17.0. The lowest BCUT2D eigenvalue weighted by molar-refractivity contribution is -0.139. The second-order valence-electron chi connectivity index (χ2n) is 5.79. The number of hydrogen-bond acceptors (Lipinski definition) is 10. The molecule has 0 aliphatic carbocycles. The molecule has 10 nitrogen and oxygen atoms in total. The molecule has 4 N–H and O–H groups in total. The van der Waals surface area contributed by atoms with Crippen LogP contribution in [0, 0.1) is 0 Å². The molecular formula is C20H24N2O8. The zero-order valence-corrected chi connectivity index (χ0v) is 17.0. The quantitative estimate of drug-likeness (QED) is 0.164. The number of hydrogen-bond donors (Lipinski definition) is 4. The second kappa shape index (κ2) is 11.2. The molecule has 0 heterocycles. The number of phenolic OH excluding ortho intramolecular Hbond substituents is 2. The van der Waals surface area contributed by atoms with Gasteiger partial charge in [0.15, 0.2) is 11.5 Å². The third-order valence-electron chi connectivity index (χ3n) is 3.51. The number of aliphatic imine (C=N–C) groups is 2. The Morgan fingerprint density at radius 3 is 1.43 bits per heavy atom. The lowest BCUT2D eigenvalue weighted by atomic mass is 10.2. The van der Waals surface area contributed by atoms with E-state index in [4.69, 9.17) is 9.47 Å². The van der Waals surface area contributed by atoms with Gasteiger partial charge in [0.25, 0.3) is 0 Å². The van der Waals surface area contributed by atoms with Crippen molar-refractivity contribution in [2.45, 2.75) is 27.7 Å². The number of aliphatic hydroxyl groups excluding tert-OH is 2. The molecule has 0 aliphatic rings. The Kier molecular flexibility index (Phi) is 9.08. The van der Waals surface area contributed by atoms with Gasteiger partial charge in [0.2, 0.25) is 0 Å². The molecule has 1 rings (SSSR count). The van der Waals surface area contributed by atoms with Crippen molar-refractivity contribution in [3.63, 3.8) is 0 Å². The first-order chi connectivity index (χ1) is 14.1. The van der Waals surface area contributed by atoms with Gasteiger partial charge in [-0.25, -0.2) is 9.59 Å². The molecule has 0 saturated heterocycles. The van der Waals surface area contributed by atoms with E-state index in [-0.39, 0.29) is 47.3 Å². The Bertz CT molecular complexity index is 846. The van der Waals surface area contributed by atoms with Crippen molar-refractivity contribution in [1.82, 2.24) is 0 Å². The van der Waals surface area contributed by atoms with E-state index >= 15 is 0 Å². The van der Waals surface area contributed by atoms with Crippen LogP contribution in [-0.2, 0) is 19.1 Å². The molecule has 0 radical (unpaired) electrons. The fourth-order valence-electron chi connectivity index (χ4n) is 2.04. The second-order valence-corrected chi connectivity index (χ2v) is 5.79. The van der Waals surface area contributed by atoms with E-state index in [1.54, 1.807) is 13.8 Å². The van der Waals surface area contributed by atoms with E-state index in [1.165, 1.54) is 13.8 Å². The van der Waals surface area contributed by atoms with Crippen LogP contribution in [-0.4, -0.2) is 58.0 Å². The number of aliphatic hydroxyl groups is 2. The van der Waals surface area contributed by atoms with Crippen LogP contribution in [0.15, 0.2) is 44.8 Å². The van der Waals surface area contributed by atoms with Crippen LogP contribution >= 0.6 is 0 Å². The van der Waals surface area contributed by atoms with E-state index in [9.17, 15) is 30.0 Å². The summed E-state index contributed by atoms with van der Waals surface area (Å²) in [5.41, 5.74) is -0.470. The Morgan fingerprint density at radius 2 is 1.17 bits per heavy atom. The van der Waals surface area contributed by atoms with Gasteiger partial charge in [-0.2, -0.15) is 0 Å². The average Bonchev–Trinajstić information content (AvgIpc) is 2.65. The van der Waals surface area contributed by atoms with Gasteiger partial charge < -0.3 is 29.9 Å². The number of esters is 2. The molecule has 0 atom stereocenters. The summed E-state index contributed by atoms with van der Waals surface area (Å²) in [6.07, 6.45) is 2.02. The molecule has 0 bridgehead atoms. The molecule has 1 aromatic rings. The molecular weight excluding hydrogens is 396 g/mol. The van der Waals surface area contributed by atoms with Gasteiger partial charge in [0.05, 0.1) is 24.6 Å². The van der Waals surface area contributed by atoms with Crippen LogP contribution in [0.5, 0.6) is 11.5 Å². The van der Waals surface area contributed by atoms with Crippen molar-refractivity contribution in [2.75, 3.05) is 13.2 Å². The van der Waals surface area contributed by atoms with Gasteiger partial charge in [-0.3, -0.25) is 9.98 Å². The van der Waals surface area contributed by atoms with Crippen LogP contribution in [0.2, 0.25) is 0 Å². The molecule has 0 aromatic heterocycles. The molecule has 10 heteroatoms. The van der Waals surface area contributed by atoms with E-state index in [0.717, 1.165) is 24.6 Å². The van der Waals surface area contributed by atoms with Gasteiger partial charge in [0.1, 0.15) is 22.7 Å². The number of nitrogens with zero attached hydrogens (tertiary/aromatic N) is 2. The minimum absolute atomic E-state index is 0.0107. The fourth-order valence-corrected chi connectivity index (χ4v) is 2.04. The summed E-state index contributed by atoms with van der Waals surface area (Å²) in [5.74, 6) is -3.32. The number of allylic oxidation sites excluding steroid dienone is 2. The van der Waals surface area contributed by atoms with Gasteiger partial charge in [-0.05, 0) is 27.7 Å². The minimum Gasteiger partial charge on any atom is -0.512 e. The predicted molar refractivity (Wildman–Crippen MR) is 110 cm³/mol. The number of phenols is 2. The van der Waals surface area contributed by atoms with Gasteiger partial charge in [-0.15, -0.1) is 0 Å². The van der Waals surface area contributed by atoms with Crippen molar-refractivity contribution in [3.8, 4) is 11.5 Å². The van der Waals surface area contributed by atoms with Crippen LogP contribution in [0.25, 0.3) is 0 Å². The summed E-state index contributed by atoms with van der Waals surface area (Å²) >= 11 is 0. The van der Waals surface area contributed by atoms with Crippen LogP contribution in [0.3, 0.4) is 0 Å². The summed E-state index contributed by atoms with van der Waals surface area (Å²) in [6.45, 7) is 5.91. The first kappa shape index (κ1) is 24.2. The number of aromatic hydroxyl groups is 2. The van der Waals surface area contributed by atoms with E-state index < -0.39 is 23.4 Å². The van der Waals surface area contributed by atoms with Crippen LogP contribution in [0.4, 0.5) is 11.4 Å². The SMILES string of the molecule is CCOC(=O)/C(C=Nc1cc(O)c(O)cc1N=C/C(C(=O)OCC)=C(/C)O)=C(\C)O. The summed E-state index contributed by atoms with van der Waals surface area (Å²) in [7, 11) is 0. The number of carbonyl (C=O) groups is 2. The first-order valence-electron chi connectivity index (χ1n) is 8.90. The summed E-state index contributed by atoms with van der Waals surface area (Å²) in [4.78, 5) is 31.8. The Labute approximate surface area is 173 Å². The van der Waals surface area contributed by atoms with Crippen LogP contribution in [0.1, 0.15) is 27.7 Å². The maximum Gasteiger partial charge on any atom is 0.343 e. The molecule has 0 fully saturated rings. The molecule has 162 valence electrons. The molecule has 1 aromatic carbocycles. The van der Waals surface area contributed by atoms with Gasteiger partial charge >= 0.3 is 11.9 Å². The molecule has 30 heavy (non-hydrogen) atoms. The van der Waals surface area contributed by atoms with Crippen molar-refractivity contribution < 1.29 is 39.5 Å². The maximum atomic E-state index is 11.9. The standard InChI is InChI=1S/C20H24N2O8/c1-5-29-19(27)13(11(3)23)9-21-15-7-17(25)18(26)8-16(15)22-10-14(12(4)24)20(28)30-6-2/h7-10,23-26H,5-6H2,1-4H3/b13-11+,14-12+,21-9?,22-10?. The fraction of sp³-hybridized carbons (Fsp3) is 0.300. The zero-order chi connectivity index (χ0) is 22.8. The summed E-state index contributed by atoms with van der Waals surface area (Å²) in [6, 6.07) is 2.13. The first-order valence-corrected chi connectivity index (χ1v) is 8.90. The monoisotopic (exact) mass is 420 g/mol. The van der Waals surface area contributed by atoms with Crippen molar-refractivity contribution >= 4 is 35.7 Å². The van der Waals surface area contributed by atoms with Crippen LogP contribution < -0.4 is 0 Å². The molecule has 0 unspecified atom stereocenters. The molecule has 0 saturated carbocycles. The largest absolute Gasteiger partial charge is 0.512 e. The van der Waals surface area contributed by atoms with Gasteiger partial charge in [-0.1, -0.05) is 0 Å². The highest BCUT2D eigenvalue weighted by molar-refractivity contribution is 6.11. The number of benzene rings is 1. The maximum absolute atomic E-state index is 11.9. The summed E-state index contributed by atoms with van der Waals surface area (Å²) in [5, 5.41) is 38.9. The molecule has 0 aliphatic heterocycles. The highest BCUT2D eigenvalue weighted by atomic mass is 16.5. The average molecular weight is 420 g/mol. The highest BCUT2D eigenvalue weighted by Crippen LogP contribution is 2.38. The third-order valence-corrected chi connectivity index (χ3v) is 3.51. The summed E-state index contributed by atoms with van der Waals surface area (Å²) < 4.78 is 9.66. The van der Waals surface area contributed by atoms with Gasteiger partial charge in [0, 0.05) is 24.6 Å². The Morgan fingerprint density at radius 1 is 0.833 bits per heavy atom. The lowest BCUT2D eigenvalue weighted by Crippen LogP contribution is -2.10. The Balaban J connectivity index is 3.41. The number of rotatable bonds is 8. The third kappa shape index (κ3) is 6.66. The normalized spacial score (nSPS) is 13.2. The number of carbonyl (C=O) groups excluding carboxylic acids is 2. The smallest absolute Gasteiger partial charge is 0.343 e. The Hall–Kier alpha value is -3.82. The minimum atomic E-state index is -0.808. The highest BCUT2D eigenvalue weighted by Gasteiger charge is 2.15. The van der Waals surface area contributed by atoms with E-state index in [1.807, 2.05) is 0 Å². The lowest BCUT2D eigenvalue weighted by Gasteiger charge is -2.07. The van der Waals surface area contributed by atoms with Crippen molar-refractivity contribution in [3.05, 3.63) is 34.8 Å². The van der Waals surface area contributed by atoms with Crippen molar-refractivity contribution in [1.29, 1.82) is 0 Å². The van der Waals surface area contributed by atoms with E-state index in [0.29, 0.717) is 0 Å². The number of ether oxygens (including phenoxy) is 2. The van der Waals surface area contributed by atoms with E-state index in [2.05, 4.69) is 9.98 Å².